The van der Waals surface area contributed by atoms with Gasteiger partial charge in [-0.1, -0.05) is 149 Å². The van der Waals surface area contributed by atoms with Crippen molar-refractivity contribution in [3.8, 4) is 0 Å². The van der Waals surface area contributed by atoms with Crippen LogP contribution in [0.3, 0.4) is 0 Å². The molecule has 0 bridgehead atoms. The topological polar surface area (TPSA) is 6.48 Å². The summed E-state index contributed by atoms with van der Waals surface area (Å²) in [4.78, 5) is 5.09. The third kappa shape index (κ3) is 4.47. The maximum atomic E-state index is 2.55. The predicted octanol–water partition coefficient (Wildman–Crippen LogP) is 16.9. The Hall–Kier alpha value is -6.46. The molecule has 4 heterocycles. The maximum absolute atomic E-state index is 2.55. The fourth-order valence-electron chi connectivity index (χ4n) is 11.0. The van der Waals surface area contributed by atoms with E-state index in [2.05, 4.69) is 207 Å². The summed E-state index contributed by atoms with van der Waals surface area (Å²) in [6.07, 6.45) is 0. The first-order chi connectivity index (χ1) is 29.3. The number of nitrogens with zero attached hydrogens (tertiary/aromatic N) is 2. The van der Waals surface area contributed by atoms with Gasteiger partial charge < -0.3 is 9.80 Å². The molecule has 0 saturated carbocycles. The molecule has 4 heteroatoms. The summed E-state index contributed by atoms with van der Waals surface area (Å²) in [5.74, 6) is 0. The molecule has 0 aliphatic carbocycles. The Morgan fingerprint density at radius 3 is 1.20 bits per heavy atom. The van der Waals surface area contributed by atoms with E-state index in [4.69, 9.17) is 0 Å². The molecule has 60 heavy (non-hydrogen) atoms. The van der Waals surface area contributed by atoms with Crippen molar-refractivity contribution in [3.63, 3.8) is 0 Å². The SMILES string of the molecule is CC1(C)c2ccc3c(sc4cc5c(cc43)sc3c4c(ccc35)C(C)(C)c3c(ccc5ccccc35)N4c3ccccc3)c2N(c2ccccc2)c2ccc3ccccc3c21. The molecule has 0 atom stereocenters. The Bertz CT molecular complexity index is 3370. The van der Waals surface area contributed by atoms with E-state index in [0.29, 0.717) is 0 Å². The second kappa shape index (κ2) is 12.1. The second-order valence-electron chi connectivity index (χ2n) is 17.7. The van der Waals surface area contributed by atoms with Crippen LogP contribution in [0.5, 0.6) is 0 Å². The van der Waals surface area contributed by atoms with Crippen molar-refractivity contribution in [2.75, 3.05) is 9.80 Å². The molecule has 0 unspecified atom stereocenters. The lowest BCUT2D eigenvalue weighted by atomic mass is 9.71. The molecule has 0 fully saturated rings. The average Bonchev–Trinajstić information content (AvgIpc) is 3.83. The summed E-state index contributed by atoms with van der Waals surface area (Å²) in [5.41, 5.74) is 12.6. The summed E-state index contributed by atoms with van der Waals surface area (Å²) in [6, 6.07) is 63.7. The molecule has 2 aromatic heterocycles. The van der Waals surface area contributed by atoms with Crippen LogP contribution in [0.2, 0.25) is 0 Å². The highest BCUT2D eigenvalue weighted by molar-refractivity contribution is 7.28. The molecular weight excluding hydrogens is 765 g/mol. The zero-order valence-electron chi connectivity index (χ0n) is 33.9. The van der Waals surface area contributed by atoms with Gasteiger partial charge in [0, 0.05) is 53.1 Å². The number of hydrogen-bond acceptors (Lipinski definition) is 4. The third-order valence-electron chi connectivity index (χ3n) is 13.7. The van der Waals surface area contributed by atoms with Crippen molar-refractivity contribution in [1.29, 1.82) is 0 Å². The van der Waals surface area contributed by atoms with Gasteiger partial charge in [0.05, 0.1) is 32.1 Å². The lowest BCUT2D eigenvalue weighted by molar-refractivity contribution is 0.639. The first-order valence-electron chi connectivity index (χ1n) is 20.9. The number of benzene rings is 9. The fraction of sp³-hybridized carbons (Fsp3) is 0.107. The Kier molecular flexibility index (Phi) is 6.92. The van der Waals surface area contributed by atoms with E-state index >= 15 is 0 Å². The summed E-state index contributed by atoms with van der Waals surface area (Å²) < 4.78 is 5.35. The minimum Gasteiger partial charge on any atom is -0.308 e. The van der Waals surface area contributed by atoms with Crippen LogP contribution in [-0.2, 0) is 10.8 Å². The van der Waals surface area contributed by atoms with Crippen molar-refractivity contribution < 1.29 is 0 Å². The van der Waals surface area contributed by atoms with E-state index in [9.17, 15) is 0 Å². The van der Waals surface area contributed by atoms with Gasteiger partial charge in [0.2, 0.25) is 0 Å². The number of thiophene rings is 2. The molecular formula is C56H40N2S2. The van der Waals surface area contributed by atoms with E-state index < -0.39 is 0 Å². The van der Waals surface area contributed by atoms with Crippen LogP contribution in [0, 0.1) is 0 Å². The predicted molar refractivity (Wildman–Crippen MR) is 261 cm³/mol. The highest BCUT2D eigenvalue weighted by Gasteiger charge is 2.41. The highest BCUT2D eigenvalue weighted by Crippen LogP contribution is 2.60. The van der Waals surface area contributed by atoms with Crippen molar-refractivity contribution in [2.45, 2.75) is 38.5 Å². The normalized spacial score (nSPS) is 15.2. The molecule has 2 nitrogen and oxygen atoms in total. The van der Waals surface area contributed by atoms with E-state index in [1.54, 1.807) is 0 Å². The van der Waals surface area contributed by atoms with E-state index in [1.807, 2.05) is 22.7 Å². The lowest BCUT2D eigenvalue weighted by Crippen LogP contribution is -2.31. The summed E-state index contributed by atoms with van der Waals surface area (Å²) in [7, 11) is 0. The van der Waals surface area contributed by atoms with Crippen molar-refractivity contribution in [1.82, 2.24) is 0 Å². The summed E-state index contributed by atoms with van der Waals surface area (Å²) >= 11 is 3.90. The quantitative estimate of drug-likeness (QED) is 0.172. The van der Waals surface area contributed by atoms with Gasteiger partial charge in [0.25, 0.3) is 0 Å². The number of para-hydroxylation sites is 2. The van der Waals surface area contributed by atoms with Gasteiger partial charge in [-0.05, 0) is 92.3 Å². The van der Waals surface area contributed by atoms with Crippen LogP contribution in [0.4, 0.5) is 34.1 Å². The van der Waals surface area contributed by atoms with Gasteiger partial charge in [0.15, 0.2) is 0 Å². The molecule has 2 aliphatic rings. The maximum Gasteiger partial charge on any atom is 0.0681 e. The minimum atomic E-state index is -0.208. The van der Waals surface area contributed by atoms with E-state index in [1.165, 1.54) is 118 Å². The van der Waals surface area contributed by atoms with Crippen LogP contribution >= 0.6 is 22.7 Å². The Morgan fingerprint density at radius 1 is 0.367 bits per heavy atom. The Balaban J connectivity index is 1.06. The van der Waals surface area contributed by atoms with Gasteiger partial charge >= 0.3 is 0 Å². The van der Waals surface area contributed by atoms with E-state index in [0.717, 1.165) is 0 Å². The molecule has 13 rings (SSSR count). The standard InChI is InChI=1S/C56H40N2S2/c1-55(2)43-27-25-39-41-31-48-42(32-47(41)59-53(39)51(43)57(35-17-7-5-8-18-35)45-29-23-33-15-11-13-21-37(33)49(45)55)40-26-28-44-52(54(40)60-48)58(36-19-9-6-10-20-36)46-30-24-34-16-12-14-22-38(34)50(46)56(44,3)4/h5-32H,1-4H3. The molecule has 0 amide bonds. The van der Waals surface area contributed by atoms with Crippen molar-refractivity contribution in [2.24, 2.45) is 0 Å². The molecule has 0 spiro atoms. The number of hydrogen-bond donors (Lipinski definition) is 0. The van der Waals surface area contributed by atoms with Gasteiger partial charge in [-0.15, -0.1) is 22.7 Å². The zero-order chi connectivity index (χ0) is 40.1. The number of fused-ring (bicyclic) bond motifs is 16. The van der Waals surface area contributed by atoms with Crippen LogP contribution in [0.15, 0.2) is 170 Å². The molecule has 0 saturated heterocycles. The van der Waals surface area contributed by atoms with Crippen molar-refractivity contribution >= 4 is 119 Å². The summed E-state index contributed by atoms with van der Waals surface area (Å²) in [5, 5.41) is 10.5. The third-order valence-corrected chi connectivity index (χ3v) is 16.1. The lowest BCUT2D eigenvalue weighted by Gasteiger charge is -2.43. The number of rotatable bonds is 2. The minimum absolute atomic E-state index is 0.208. The van der Waals surface area contributed by atoms with E-state index in [-0.39, 0.29) is 10.8 Å². The zero-order valence-corrected chi connectivity index (χ0v) is 35.5. The first kappa shape index (κ1) is 34.4. The van der Waals surface area contributed by atoms with Crippen LogP contribution in [0.1, 0.15) is 49.9 Å². The highest BCUT2D eigenvalue weighted by atomic mass is 32.1. The molecule has 0 N–H and O–H groups in total. The Labute approximate surface area is 357 Å². The molecule has 286 valence electrons. The van der Waals surface area contributed by atoms with Gasteiger partial charge in [0.1, 0.15) is 0 Å². The van der Waals surface area contributed by atoms with Gasteiger partial charge in [-0.3, -0.25) is 0 Å². The van der Waals surface area contributed by atoms with Crippen LogP contribution in [0.25, 0.3) is 61.9 Å². The van der Waals surface area contributed by atoms with Crippen molar-refractivity contribution in [3.05, 3.63) is 192 Å². The summed E-state index contributed by atoms with van der Waals surface area (Å²) in [6.45, 7) is 9.68. The second-order valence-corrected chi connectivity index (χ2v) is 19.8. The largest absolute Gasteiger partial charge is 0.308 e. The van der Waals surface area contributed by atoms with Gasteiger partial charge in [-0.2, -0.15) is 0 Å². The number of anilines is 6. The average molecular weight is 805 g/mol. The molecule has 9 aromatic carbocycles. The Morgan fingerprint density at radius 2 is 0.767 bits per heavy atom. The first-order valence-corrected chi connectivity index (χ1v) is 22.6. The molecule has 2 aliphatic heterocycles. The van der Waals surface area contributed by atoms with Crippen LogP contribution < -0.4 is 9.80 Å². The molecule has 11 aromatic rings. The van der Waals surface area contributed by atoms with Gasteiger partial charge in [-0.25, -0.2) is 0 Å². The smallest absolute Gasteiger partial charge is 0.0681 e. The van der Waals surface area contributed by atoms with Crippen LogP contribution in [-0.4, -0.2) is 0 Å². The monoisotopic (exact) mass is 804 g/mol. The molecule has 0 radical (unpaired) electrons. The fourth-order valence-corrected chi connectivity index (χ4v) is 13.5.